The summed E-state index contributed by atoms with van der Waals surface area (Å²) in [6, 6.07) is 3.92. The van der Waals surface area contributed by atoms with E-state index in [4.69, 9.17) is 10.2 Å². The second-order valence-electron chi connectivity index (χ2n) is 4.09. The van der Waals surface area contributed by atoms with Crippen LogP contribution in [0, 0.1) is 0 Å². The van der Waals surface area contributed by atoms with Crippen molar-refractivity contribution in [1.82, 2.24) is 5.32 Å². The molecule has 1 aromatic rings. The number of hydrogen-bond donors (Lipinski definition) is 3. The van der Waals surface area contributed by atoms with Gasteiger partial charge in [0, 0.05) is 13.5 Å². The molecule has 1 rings (SSSR count). The largest absolute Gasteiger partial charge is 0.478 e. The summed E-state index contributed by atoms with van der Waals surface area (Å²) >= 11 is 0. The Balaban J connectivity index is 2.84. The molecule has 0 saturated heterocycles. The Labute approximate surface area is 115 Å². The molecule has 0 aromatic heterocycles. The molecular weight excluding hydrogens is 262 g/mol. The number of aromatic carboxylic acids is 2. The SMILES string of the molecule is CC(=O)NCCC=Cc1ccc(C(=O)O)cc1C(=O)O. The highest BCUT2D eigenvalue weighted by Crippen LogP contribution is 2.14. The first-order valence-corrected chi connectivity index (χ1v) is 5.93. The van der Waals surface area contributed by atoms with Crippen molar-refractivity contribution in [2.45, 2.75) is 13.3 Å². The van der Waals surface area contributed by atoms with Gasteiger partial charge in [0.1, 0.15) is 0 Å². The van der Waals surface area contributed by atoms with Crippen LogP contribution in [0.15, 0.2) is 24.3 Å². The zero-order chi connectivity index (χ0) is 15.1. The topological polar surface area (TPSA) is 104 Å². The molecule has 1 aromatic carbocycles. The molecule has 0 saturated carbocycles. The van der Waals surface area contributed by atoms with E-state index in [2.05, 4.69) is 5.32 Å². The standard InChI is InChI=1S/C14H15NO5/c1-9(16)15-7-3-2-4-10-5-6-11(13(17)18)8-12(10)14(19)20/h2,4-6,8H,3,7H2,1H3,(H,15,16)(H,17,18)(H,19,20). The van der Waals surface area contributed by atoms with Crippen molar-refractivity contribution in [2.24, 2.45) is 0 Å². The maximum absolute atomic E-state index is 11.1. The summed E-state index contributed by atoms with van der Waals surface area (Å²) in [6.07, 6.45) is 3.87. The molecule has 6 heteroatoms. The lowest BCUT2D eigenvalue weighted by molar-refractivity contribution is -0.118. The number of amides is 1. The first-order valence-electron chi connectivity index (χ1n) is 5.93. The number of benzene rings is 1. The molecule has 106 valence electrons. The van der Waals surface area contributed by atoms with Crippen LogP contribution in [-0.4, -0.2) is 34.6 Å². The van der Waals surface area contributed by atoms with E-state index < -0.39 is 11.9 Å². The monoisotopic (exact) mass is 277 g/mol. The molecule has 3 N–H and O–H groups in total. The lowest BCUT2D eigenvalue weighted by atomic mass is 10.0. The predicted octanol–water partition coefficient (Wildman–Crippen LogP) is 1.62. The molecular formula is C14H15NO5. The highest BCUT2D eigenvalue weighted by atomic mass is 16.4. The lowest BCUT2D eigenvalue weighted by Crippen LogP contribution is -2.20. The molecule has 0 atom stereocenters. The molecule has 0 bridgehead atoms. The van der Waals surface area contributed by atoms with E-state index in [0.717, 1.165) is 6.07 Å². The van der Waals surface area contributed by atoms with Crippen LogP contribution in [0.2, 0.25) is 0 Å². The normalized spacial score (nSPS) is 10.4. The molecule has 0 spiro atoms. The quantitative estimate of drug-likeness (QED) is 0.685. The Morgan fingerprint density at radius 3 is 2.45 bits per heavy atom. The molecule has 0 heterocycles. The fraction of sp³-hybridized carbons (Fsp3) is 0.214. The van der Waals surface area contributed by atoms with E-state index in [1.807, 2.05) is 0 Å². The third-order valence-corrected chi connectivity index (χ3v) is 2.51. The van der Waals surface area contributed by atoms with Crippen molar-refractivity contribution >= 4 is 23.9 Å². The highest BCUT2D eigenvalue weighted by Gasteiger charge is 2.12. The molecule has 0 fully saturated rings. The fourth-order valence-corrected chi connectivity index (χ4v) is 1.56. The van der Waals surface area contributed by atoms with Crippen molar-refractivity contribution in [2.75, 3.05) is 6.54 Å². The number of hydrogen-bond acceptors (Lipinski definition) is 3. The molecule has 0 unspecified atom stereocenters. The van der Waals surface area contributed by atoms with Gasteiger partial charge >= 0.3 is 11.9 Å². The minimum atomic E-state index is -1.19. The van der Waals surface area contributed by atoms with Gasteiger partial charge < -0.3 is 15.5 Å². The number of carboxylic acid groups (broad SMARTS) is 2. The lowest BCUT2D eigenvalue weighted by Gasteiger charge is -2.03. The van der Waals surface area contributed by atoms with Gasteiger partial charge in [-0.25, -0.2) is 9.59 Å². The number of carbonyl (C=O) groups excluding carboxylic acids is 1. The molecule has 1 amide bonds. The zero-order valence-electron chi connectivity index (χ0n) is 10.9. The van der Waals surface area contributed by atoms with E-state index in [1.54, 1.807) is 12.2 Å². The highest BCUT2D eigenvalue weighted by molar-refractivity contribution is 5.96. The van der Waals surface area contributed by atoms with Gasteiger partial charge in [0.25, 0.3) is 0 Å². The van der Waals surface area contributed by atoms with Crippen molar-refractivity contribution in [3.63, 3.8) is 0 Å². The number of carbonyl (C=O) groups is 3. The number of carboxylic acids is 2. The van der Waals surface area contributed by atoms with Gasteiger partial charge in [-0.15, -0.1) is 0 Å². The van der Waals surface area contributed by atoms with E-state index in [0.29, 0.717) is 18.5 Å². The van der Waals surface area contributed by atoms with Crippen LogP contribution in [0.5, 0.6) is 0 Å². The Morgan fingerprint density at radius 2 is 1.90 bits per heavy atom. The van der Waals surface area contributed by atoms with Crippen LogP contribution >= 0.6 is 0 Å². The predicted molar refractivity (Wildman–Crippen MR) is 72.7 cm³/mol. The minimum absolute atomic E-state index is 0.0688. The summed E-state index contributed by atoms with van der Waals surface area (Å²) in [5, 5.41) is 20.5. The zero-order valence-corrected chi connectivity index (χ0v) is 10.9. The van der Waals surface area contributed by atoms with Crippen molar-refractivity contribution in [3.05, 3.63) is 41.0 Å². The molecule has 6 nitrogen and oxygen atoms in total. The summed E-state index contributed by atoms with van der Waals surface area (Å²) in [7, 11) is 0. The van der Waals surface area contributed by atoms with Gasteiger partial charge in [0.15, 0.2) is 0 Å². The van der Waals surface area contributed by atoms with E-state index in [1.165, 1.54) is 19.1 Å². The Bertz CT molecular complexity index is 563. The van der Waals surface area contributed by atoms with Crippen LogP contribution in [0.1, 0.15) is 39.6 Å². The third-order valence-electron chi connectivity index (χ3n) is 2.51. The molecule has 20 heavy (non-hydrogen) atoms. The molecule has 0 aliphatic carbocycles. The first kappa shape index (κ1) is 15.4. The van der Waals surface area contributed by atoms with Crippen molar-refractivity contribution in [3.8, 4) is 0 Å². The van der Waals surface area contributed by atoms with E-state index in [-0.39, 0.29) is 17.0 Å². The number of rotatable bonds is 6. The summed E-state index contributed by atoms with van der Waals surface area (Å²) in [5.74, 6) is -2.49. The summed E-state index contributed by atoms with van der Waals surface area (Å²) < 4.78 is 0. The summed E-state index contributed by atoms with van der Waals surface area (Å²) in [5.41, 5.74) is 0.281. The van der Waals surface area contributed by atoms with E-state index >= 15 is 0 Å². The molecule has 0 radical (unpaired) electrons. The van der Waals surface area contributed by atoms with Gasteiger partial charge in [-0.05, 0) is 24.1 Å². The second-order valence-corrected chi connectivity index (χ2v) is 4.09. The van der Waals surface area contributed by atoms with Gasteiger partial charge in [-0.1, -0.05) is 18.2 Å². The van der Waals surface area contributed by atoms with Gasteiger partial charge in [-0.2, -0.15) is 0 Å². The first-order chi connectivity index (χ1) is 9.41. The average Bonchev–Trinajstić information content (AvgIpc) is 2.37. The second kappa shape index (κ2) is 7.08. The van der Waals surface area contributed by atoms with Crippen LogP contribution in [0.3, 0.4) is 0 Å². The Morgan fingerprint density at radius 1 is 1.20 bits per heavy atom. The summed E-state index contributed by atoms with van der Waals surface area (Å²) in [4.78, 5) is 32.5. The number of nitrogens with one attached hydrogen (secondary N) is 1. The Kier molecular flexibility index (Phi) is 5.46. The Hall–Kier alpha value is -2.63. The average molecular weight is 277 g/mol. The van der Waals surface area contributed by atoms with Gasteiger partial charge in [0.2, 0.25) is 5.91 Å². The van der Waals surface area contributed by atoms with Gasteiger partial charge in [0.05, 0.1) is 11.1 Å². The van der Waals surface area contributed by atoms with Crippen LogP contribution in [0.25, 0.3) is 6.08 Å². The van der Waals surface area contributed by atoms with Crippen molar-refractivity contribution < 1.29 is 24.6 Å². The van der Waals surface area contributed by atoms with Gasteiger partial charge in [-0.3, -0.25) is 4.79 Å². The maximum Gasteiger partial charge on any atom is 0.336 e. The summed E-state index contributed by atoms with van der Waals surface area (Å²) in [6.45, 7) is 1.87. The molecule has 0 aliphatic rings. The van der Waals surface area contributed by atoms with E-state index in [9.17, 15) is 14.4 Å². The molecule has 0 aliphatic heterocycles. The third kappa shape index (κ3) is 4.56. The smallest absolute Gasteiger partial charge is 0.336 e. The maximum atomic E-state index is 11.1. The van der Waals surface area contributed by atoms with Crippen molar-refractivity contribution in [1.29, 1.82) is 0 Å². The van der Waals surface area contributed by atoms with Crippen LogP contribution in [-0.2, 0) is 4.79 Å². The fourth-order valence-electron chi connectivity index (χ4n) is 1.56. The minimum Gasteiger partial charge on any atom is -0.478 e. The van der Waals surface area contributed by atoms with Crippen LogP contribution < -0.4 is 5.32 Å². The van der Waals surface area contributed by atoms with Crippen LogP contribution in [0.4, 0.5) is 0 Å².